The monoisotopic (exact) mass is 347 g/mol. The van der Waals surface area contributed by atoms with Crippen LogP contribution in [-0.4, -0.2) is 12.0 Å². The molecule has 0 atom stereocenters. The third kappa shape index (κ3) is 2.51. The molecule has 5 heteroatoms. The molecule has 3 rings (SSSR count). The molecule has 0 aliphatic rings. The van der Waals surface area contributed by atoms with Gasteiger partial charge in [0.05, 0.1) is 11.2 Å². The molecule has 102 valence electrons. The second-order valence-corrected chi connectivity index (χ2v) is 6.41. The molecule has 3 aromatic rings. The Balaban J connectivity index is 2.05. The first-order chi connectivity index (χ1) is 9.65. The maximum atomic E-state index is 6.05. The van der Waals surface area contributed by atoms with E-state index >= 15 is 0 Å². The highest BCUT2D eigenvalue weighted by atomic mass is 79.9. The van der Waals surface area contributed by atoms with Gasteiger partial charge in [0.2, 0.25) is 0 Å². The van der Waals surface area contributed by atoms with Crippen molar-refractivity contribution in [3.63, 3.8) is 0 Å². The number of nitrogens with two attached hydrogens (primary N) is 1. The van der Waals surface area contributed by atoms with E-state index in [-0.39, 0.29) is 0 Å². The molecule has 0 saturated carbocycles. The zero-order valence-electron chi connectivity index (χ0n) is 11.0. The second kappa shape index (κ2) is 5.42. The Morgan fingerprint density at radius 2 is 2.20 bits per heavy atom. The van der Waals surface area contributed by atoms with Crippen LogP contribution in [0.4, 0.5) is 11.4 Å². The van der Waals surface area contributed by atoms with Crippen LogP contribution in [0.15, 0.2) is 45.7 Å². The Bertz CT molecular complexity index is 740. The lowest BCUT2D eigenvalue weighted by molar-refractivity contribution is 0.931. The zero-order chi connectivity index (χ0) is 14.1. The molecule has 0 aliphatic heterocycles. The Morgan fingerprint density at radius 3 is 2.95 bits per heavy atom. The van der Waals surface area contributed by atoms with E-state index in [1.54, 1.807) is 11.3 Å². The molecule has 2 aromatic heterocycles. The maximum absolute atomic E-state index is 6.05. The molecule has 2 N–H and O–H groups in total. The van der Waals surface area contributed by atoms with Crippen LogP contribution in [0, 0.1) is 0 Å². The average molecular weight is 348 g/mol. The molecule has 0 spiro atoms. The molecule has 0 unspecified atom stereocenters. The number of rotatable bonds is 3. The second-order valence-electron chi connectivity index (χ2n) is 4.71. The molecule has 1 aromatic carbocycles. The lowest BCUT2D eigenvalue weighted by Crippen LogP contribution is -2.16. The quantitative estimate of drug-likeness (QED) is 0.719. The largest absolute Gasteiger partial charge is 0.398 e. The van der Waals surface area contributed by atoms with Crippen molar-refractivity contribution in [2.45, 2.75) is 6.54 Å². The van der Waals surface area contributed by atoms with E-state index in [1.807, 2.05) is 24.4 Å². The number of fused-ring (bicyclic) bond motifs is 1. The van der Waals surface area contributed by atoms with Crippen molar-refractivity contribution in [3.8, 4) is 0 Å². The van der Waals surface area contributed by atoms with Gasteiger partial charge >= 0.3 is 0 Å². The maximum Gasteiger partial charge on any atom is 0.0956 e. The normalized spacial score (nSPS) is 10.9. The van der Waals surface area contributed by atoms with E-state index in [0.29, 0.717) is 0 Å². The van der Waals surface area contributed by atoms with Crippen LogP contribution in [-0.2, 0) is 6.54 Å². The van der Waals surface area contributed by atoms with Crippen molar-refractivity contribution in [3.05, 3.63) is 51.3 Å². The fraction of sp³-hybridized carbons (Fsp3) is 0.133. The van der Waals surface area contributed by atoms with Crippen LogP contribution in [0.25, 0.3) is 10.9 Å². The number of anilines is 2. The van der Waals surface area contributed by atoms with E-state index < -0.39 is 0 Å². The van der Waals surface area contributed by atoms with Crippen molar-refractivity contribution >= 4 is 49.5 Å². The molecule has 20 heavy (non-hydrogen) atoms. The van der Waals surface area contributed by atoms with E-state index in [1.165, 1.54) is 5.56 Å². The average Bonchev–Trinajstić information content (AvgIpc) is 2.92. The standard InChI is InChI=1S/C15H14BrN3S/c1-19(8-10-4-5-20-9-10)14-3-2-13(17)12-6-11(16)7-18-15(12)14/h2-7,9H,8,17H2,1H3. The van der Waals surface area contributed by atoms with E-state index in [9.17, 15) is 0 Å². The number of hydrogen-bond acceptors (Lipinski definition) is 4. The van der Waals surface area contributed by atoms with Crippen LogP contribution in [0.5, 0.6) is 0 Å². The lowest BCUT2D eigenvalue weighted by atomic mass is 10.1. The predicted octanol–water partition coefficient (Wildman–Crippen LogP) is 4.28. The number of pyridine rings is 1. The fourth-order valence-corrected chi connectivity index (χ4v) is 3.24. The van der Waals surface area contributed by atoms with Crippen LogP contribution >= 0.6 is 27.3 Å². The molecule has 0 bridgehead atoms. The summed E-state index contributed by atoms with van der Waals surface area (Å²) in [5, 5.41) is 5.24. The topological polar surface area (TPSA) is 42.1 Å². The summed E-state index contributed by atoms with van der Waals surface area (Å²) in [5.41, 5.74) is 10.1. The molecular formula is C15H14BrN3S. The highest BCUT2D eigenvalue weighted by molar-refractivity contribution is 9.10. The van der Waals surface area contributed by atoms with Crippen molar-refractivity contribution in [1.29, 1.82) is 0 Å². The SMILES string of the molecule is CN(Cc1ccsc1)c1ccc(N)c2cc(Br)cnc12. The summed E-state index contributed by atoms with van der Waals surface area (Å²) < 4.78 is 0.939. The fourth-order valence-electron chi connectivity index (χ4n) is 2.25. The molecule has 2 heterocycles. The van der Waals surface area contributed by atoms with Gasteiger partial charge < -0.3 is 10.6 Å². The first-order valence-electron chi connectivity index (χ1n) is 6.21. The minimum absolute atomic E-state index is 0.751. The Morgan fingerprint density at radius 1 is 1.35 bits per heavy atom. The molecule has 0 amide bonds. The van der Waals surface area contributed by atoms with Crippen LogP contribution in [0.3, 0.4) is 0 Å². The first-order valence-corrected chi connectivity index (χ1v) is 7.94. The van der Waals surface area contributed by atoms with Gasteiger partial charge in [0.15, 0.2) is 0 Å². The number of nitrogens with zero attached hydrogens (tertiary/aromatic N) is 2. The van der Waals surface area contributed by atoms with Crippen molar-refractivity contribution in [2.75, 3.05) is 17.7 Å². The van der Waals surface area contributed by atoms with Crippen molar-refractivity contribution in [2.24, 2.45) is 0 Å². The Kier molecular flexibility index (Phi) is 3.63. The number of halogens is 1. The molecular weight excluding hydrogens is 334 g/mol. The molecule has 0 saturated heterocycles. The van der Waals surface area contributed by atoms with E-state index in [2.05, 4.69) is 49.7 Å². The number of hydrogen-bond donors (Lipinski definition) is 1. The molecule has 0 fully saturated rings. The number of thiophene rings is 1. The van der Waals surface area contributed by atoms with Gasteiger partial charge in [-0.3, -0.25) is 4.98 Å². The number of aromatic nitrogens is 1. The van der Waals surface area contributed by atoms with E-state index in [4.69, 9.17) is 5.73 Å². The highest BCUT2D eigenvalue weighted by Gasteiger charge is 2.10. The number of nitrogen functional groups attached to an aromatic ring is 1. The number of benzene rings is 1. The summed E-state index contributed by atoms with van der Waals surface area (Å²) in [7, 11) is 2.08. The van der Waals surface area contributed by atoms with Crippen molar-refractivity contribution < 1.29 is 0 Å². The van der Waals surface area contributed by atoms with Crippen molar-refractivity contribution in [1.82, 2.24) is 4.98 Å². The lowest BCUT2D eigenvalue weighted by Gasteiger charge is -2.20. The summed E-state index contributed by atoms with van der Waals surface area (Å²) in [6.07, 6.45) is 1.81. The minimum atomic E-state index is 0.751. The van der Waals surface area contributed by atoms with E-state index in [0.717, 1.165) is 33.3 Å². The summed E-state index contributed by atoms with van der Waals surface area (Å²) in [4.78, 5) is 6.73. The van der Waals surface area contributed by atoms with Gasteiger partial charge in [-0.1, -0.05) is 0 Å². The minimum Gasteiger partial charge on any atom is -0.398 e. The van der Waals surface area contributed by atoms with Gasteiger partial charge in [-0.05, 0) is 56.5 Å². The third-order valence-corrected chi connectivity index (χ3v) is 4.41. The molecule has 0 radical (unpaired) electrons. The van der Waals surface area contributed by atoms with Crippen LogP contribution < -0.4 is 10.6 Å². The van der Waals surface area contributed by atoms with Gasteiger partial charge in [-0.25, -0.2) is 0 Å². The smallest absolute Gasteiger partial charge is 0.0956 e. The third-order valence-electron chi connectivity index (χ3n) is 3.24. The van der Waals surface area contributed by atoms with Gasteiger partial charge in [0.25, 0.3) is 0 Å². The summed E-state index contributed by atoms with van der Waals surface area (Å²) in [5.74, 6) is 0. The summed E-state index contributed by atoms with van der Waals surface area (Å²) in [6, 6.07) is 8.13. The van der Waals surface area contributed by atoms with Gasteiger partial charge in [-0.2, -0.15) is 11.3 Å². The summed E-state index contributed by atoms with van der Waals surface area (Å²) in [6.45, 7) is 0.861. The predicted molar refractivity (Wildman–Crippen MR) is 90.3 cm³/mol. The van der Waals surface area contributed by atoms with Crippen LogP contribution in [0.1, 0.15) is 5.56 Å². The Labute approximate surface area is 130 Å². The molecule has 0 aliphatic carbocycles. The first kappa shape index (κ1) is 13.4. The Hall–Kier alpha value is -1.59. The molecule has 3 nitrogen and oxygen atoms in total. The highest BCUT2D eigenvalue weighted by Crippen LogP contribution is 2.31. The van der Waals surface area contributed by atoms with Gasteiger partial charge in [-0.15, -0.1) is 0 Å². The van der Waals surface area contributed by atoms with Gasteiger partial charge in [0.1, 0.15) is 0 Å². The van der Waals surface area contributed by atoms with Crippen LogP contribution in [0.2, 0.25) is 0 Å². The zero-order valence-corrected chi connectivity index (χ0v) is 13.4. The van der Waals surface area contributed by atoms with Gasteiger partial charge in [0, 0.05) is 35.3 Å². The summed E-state index contributed by atoms with van der Waals surface area (Å²) >= 11 is 5.16.